The molecule has 3 rings (SSSR count). The van der Waals surface area contributed by atoms with Gasteiger partial charge >= 0.3 is 0 Å². The molecule has 2 aliphatic rings. The Morgan fingerprint density at radius 2 is 0.963 bits per heavy atom. The Morgan fingerprint density at radius 3 is 1.37 bits per heavy atom. The predicted octanol–water partition coefficient (Wildman–Crippen LogP) is 9.00. The molecule has 0 unspecified atom stereocenters. The first-order chi connectivity index (χ1) is 13.3. The van der Waals surface area contributed by atoms with E-state index in [0.717, 1.165) is 23.7 Å². The molecule has 0 radical (unpaired) electrons. The normalized spacial score (nSPS) is 29.0. The van der Waals surface area contributed by atoms with Gasteiger partial charge < -0.3 is 0 Å². The van der Waals surface area contributed by atoms with Crippen LogP contribution in [0.2, 0.25) is 0 Å². The van der Waals surface area contributed by atoms with Gasteiger partial charge in [0.25, 0.3) is 0 Å². The first kappa shape index (κ1) is 20.9. The van der Waals surface area contributed by atoms with E-state index in [1.165, 1.54) is 96.3 Å². The Labute approximate surface area is 169 Å². The molecule has 0 nitrogen and oxygen atoms in total. The zero-order chi connectivity index (χ0) is 18.9. The van der Waals surface area contributed by atoms with Crippen molar-refractivity contribution in [1.82, 2.24) is 0 Å². The van der Waals surface area contributed by atoms with Crippen LogP contribution in [0.25, 0.3) is 0 Å². The number of rotatable bonds is 9. The van der Waals surface area contributed by atoms with Crippen LogP contribution in [0, 0.1) is 11.8 Å². The fourth-order valence-electron chi connectivity index (χ4n) is 5.79. The van der Waals surface area contributed by atoms with Crippen molar-refractivity contribution in [2.24, 2.45) is 11.8 Å². The number of benzene rings is 1. The molecule has 0 heteroatoms. The van der Waals surface area contributed by atoms with E-state index >= 15 is 0 Å². The van der Waals surface area contributed by atoms with Crippen LogP contribution in [0.4, 0.5) is 0 Å². The molecule has 0 aromatic heterocycles. The van der Waals surface area contributed by atoms with Gasteiger partial charge in [0.2, 0.25) is 0 Å². The van der Waals surface area contributed by atoms with Gasteiger partial charge in [-0.2, -0.15) is 0 Å². The highest BCUT2D eigenvalue weighted by Gasteiger charge is 2.24. The molecule has 0 spiro atoms. The first-order valence-electron chi connectivity index (χ1n) is 12.4. The fraction of sp³-hybridized carbons (Fsp3) is 0.778. The molecule has 0 amide bonds. The minimum absolute atomic E-state index is 0.839. The molecule has 2 fully saturated rings. The van der Waals surface area contributed by atoms with E-state index in [1.807, 2.05) is 0 Å². The highest BCUT2D eigenvalue weighted by molar-refractivity contribution is 5.28. The van der Waals surface area contributed by atoms with E-state index in [9.17, 15) is 0 Å². The maximum Gasteiger partial charge on any atom is -0.0162 e. The van der Waals surface area contributed by atoms with Crippen LogP contribution in [0.15, 0.2) is 24.3 Å². The Morgan fingerprint density at radius 1 is 0.556 bits per heavy atom. The molecule has 27 heavy (non-hydrogen) atoms. The lowest BCUT2D eigenvalue weighted by atomic mass is 9.75. The molecule has 2 aliphatic carbocycles. The molecule has 0 bridgehead atoms. The van der Waals surface area contributed by atoms with Gasteiger partial charge in [-0.25, -0.2) is 0 Å². The highest BCUT2D eigenvalue weighted by atomic mass is 14.3. The van der Waals surface area contributed by atoms with E-state index < -0.39 is 0 Å². The Balaban J connectivity index is 1.43. The monoisotopic (exact) mass is 368 g/mol. The predicted molar refractivity (Wildman–Crippen MR) is 120 cm³/mol. The maximum absolute atomic E-state index is 2.49. The van der Waals surface area contributed by atoms with Crippen molar-refractivity contribution < 1.29 is 0 Å². The van der Waals surface area contributed by atoms with Crippen molar-refractivity contribution in [3.8, 4) is 0 Å². The van der Waals surface area contributed by atoms with Crippen LogP contribution in [-0.2, 0) is 0 Å². The summed E-state index contributed by atoms with van der Waals surface area (Å²) in [7, 11) is 0. The molecule has 0 aliphatic heterocycles. The third kappa shape index (κ3) is 6.37. The van der Waals surface area contributed by atoms with E-state index in [0.29, 0.717) is 0 Å². The molecule has 0 atom stereocenters. The number of unbranched alkanes of at least 4 members (excludes halogenated alkanes) is 3. The SMILES string of the molecule is CCCCCC1CCC(c2ccc(C3CCC(CCCC)CC3)cc2)CC1. The van der Waals surface area contributed by atoms with Crippen molar-refractivity contribution >= 4 is 0 Å². The van der Waals surface area contributed by atoms with Crippen LogP contribution in [0.5, 0.6) is 0 Å². The lowest BCUT2D eigenvalue weighted by Gasteiger charge is -2.30. The van der Waals surface area contributed by atoms with Crippen molar-refractivity contribution in [3.63, 3.8) is 0 Å². The van der Waals surface area contributed by atoms with Gasteiger partial charge in [-0.1, -0.05) is 83.1 Å². The van der Waals surface area contributed by atoms with Crippen LogP contribution < -0.4 is 0 Å². The van der Waals surface area contributed by atoms with Gasteiger partial charge in [-0.15, -0.1) is 0 Å². The third-order valence-corrected chi connectivity index (χ3v) is 7.75. The summed E-state index contributed by atoms with van der Waals surface area (Å²) in [5.41, 5.74) is 3.25. The quantitative estimate of drug-likeness (QED) is 0.381. The van der Waals surface area contributed by atoms with E-state index in [2.05, 4.69) is 38.1 Å². The third-order valence-electron chi connectivity index (χ3n) is 7.75. The number of hydrogen-bond donors (Lipinski definition) is 0. The average Bonchev–Trinajstić information content (AvgIpc) is 2.73. The molecule has 0 saturated heterocycles. The summed E-state index contributed by atoms with van der Waals surface area (Å²) in [5.74, 6) is 3.72. The zero-order valence-corrected chi connectivity index (χ0v) is 18.2. The first-order valence-corrected chi connectivity index (χ1v) is 12.4. The molecule has 152 valence electrons. The number of hydrogen-bond acceptors (Lipinski definition) is 0. The van der Waals surface area contributed by atoms with Gasteiger partial charge in [0.05, 0.1) is 0 Å². The van der Waals surface area contributed by atoms with E-state index in [1.54, 1.807) is 11.1 Å². The van der Waals surface area contributed by atoms with Gasteiger partial charge in [-0.3, -0.25) is 0 Å². The molecule has 1 aromatic rings. The van der Waals surface area contributed by atoms with Gasteiger partial charge in [0, 0.05) is 0 Å². The summed E-state index contributed by atoms with van der Waals surface area (Å²) in [6.07, 6.45) is 21.6. The second-order valence-electron chi connectivity index (χ2n) is 9.74. The fourth-order valence-corrected chi connectivity index (χ4v) is 5.79. The molecule has 1 aromatic carbocycles. The lowest BCUT2D eigenvalue weighted by molar-refractivity contribution is 0.301. The summed E-state index contributed by atoms with van der Waals surface area (Å²) in [6, 6.07) is 9.95. The Hall–Kier alpha value is -0.780. The minimum atomic E-state index is 0.839. The van der Waals surface area contributed by atoms with Crippen molar-refractivity contribution in [1.29, 1.82) is 0 Å². The van der Waals surface area contributed by atoms with Crippen LogP contribution in [0.3, 0.4) is 0 Å². The van der Waals surface area contributed by atoms with E-state index in [-0.39, 0.29) is 0 Å². The maximum atomic E-state index is 2.49. The molecular formula is C27H44. The average molecular weight is 369 g/mol. The van der Waals surface area contributed by atoms with Crippen LogP contribution in [0.1, 0.15) is 133 Å². The summed E-state index contributed by atoms with van der Waals surface area (Å²) in [5, 5.41) is 0. The summed E-state index contributed by atoms with van der Waals surface area (Å²) in [6.45, 7) is 4.64. The highest BCUT2D eigenvalue weighted by Crippen LogP contribution is 2.40. The topological polar surface area (TPSA) is 0 Å². The standard InChI is InChI=1S/C27H44/c1-3-5-7-9-23-12-16-25(17-13-23)27-20-18-26(19-21-27)24-14-10-22(11-15-24)8-6-4-2/h18-25H,3-17H2,1-2H3. The Kier molecular flexibility index (Phi) is 8.75. The van der Waals surface area contributed by atoms with Crippen LogP contribution >= 0.6 is 0 Å². The molecular weight excluding hydrogens is 324 g/mol. The van der Waals surface area contributed by atoms with Gasteiger partial charge in [-0.05, 0) is 86.2 Å². The van der Waals surface area contributed by atoms with Gasteiger partial charge in [0.1, 0.15) is 0 Å². The Bertz CT molecular complexity index is 497. The molecule has 0 N–H and O–H groups in total. The van der Waals surface area contributed by atoms with Crippen molar-refractivity contribution in [2.45, 2.75) is 122 Å². The van der Waals surface area contributed by atoms with Crippen molar-refractivity contribution in [3.05, 3.63) is 35.4 Å². The molecule has 0 heterocycles. The van der Waals surface area contributed by atoms with Crippen molar-refractivity contribution in [2.75, 3.05) is 0 Å². The largest absolute Gasteiger partial charge is 0.0654 e. The summed E-state index contributed by atoms with van der Waals surface area (Å²) < 4.78 is 0. The summed E-state index contributed by atoms with van der Waals surface area (Å²) >= 11 is 0. The van der Waals surface area contributed by atoms with Gasteiger partial charge in [0.15, 0.2) is 0 Å². The lowest BCUT2D eigenvalue weighted by Crippen LogP contribution is -2.14. The second-order valence-corrected chi connectivity index (χ2v) is 9.74. The van der Waals surface area contributed by atoms with E-state index in [4.69, 9.17) is 0 Å². The van der Waals surface area contributed by atoms with Crippen LogP contribution in [-0.4, -0.2) is 0 Å². The second kappa shape index (κ2) is 11.3. The smallest absolute Gasteiger partial charge is 0.0162 e. The summed E-state index contributed by atoms with van der Waals surface area (Å²) in [4.78, 5) is 0. The zero-order valence-electron chi connectivity index (χ0n) is 18.2. The minimum Gasteiger partial charge on any atom is -0.0654 e. The molecule has 2 saturated carbocycles.